The third kappa shape index (κ3) is 7.41. The van der Waals surface area contributed by atoms with Crippen molar-refractivity contribution in [3.63, 3.8) is 0 Å². The Morgan fingerprint density at radius 2 is 2.00 bits per heavy atom. The Bertz CT molecular complexity index is 404. The monoisotopic (exact) mass is 314 g/mol. The second-order valence-corrected chi connectivity index (χ2v) is 3.13. The van der Waals surface area contributed by atoms with Crippen molar-refractivity contribution < 1.29 is 4.74 Å². The molecule has 4 N–H and O–H groups in total. The van der Waals surface area contributed by atoms with E-state index in [4.69, 9.17) is 16.2 Å². The molecule has 0 saturated carbocycles. The van der Waals surface area contributed by atoms with Gasteiger partial charge in [0.05, 0.1) is 13.3 Å². The first kappa shape index (κ1) is 22.3. The predicted molar refractivity (Wildman–Crippen MR) is 79.9 cm³/mol. The summed E-state index contributed by atoms with van der Waals surface area (Å²) in [5.74, 6) is 6.29. The van der Waals surface area contributed by atoms with Gasteiger partial charge in [-0.15, -0.1) is 37.2 Å². The van der Waals surface area contributed by atoms with E-state index in [2.05, 4.69) is 21.8 Å². The maximum Gasteiger partial charge on any atom is 0.258 e. The molecule has 18 heavy (non-hydrogen) atoms. The lowest BCUT2D eigenvalue weighted by molar-refractivity contribution is 0.398. The topological polar surface area (TPSA) is 87.0 Å². The normalized spacial score (nSPS) is 9.50. The molecule has 1 atom stereocenters. The summed E-state index contributed by atoms with van der Waals surface area (Å²) < 4.78 is 4.92. The van der Waals surface area contributed by atoms with Gasteiger partial charge in [-0.2, -0.15) is 4.98 Å². The highest BCUT2D eigenvalue weighted by molar-refractivity contribution is 5.86. The highest BCUT2D eigenvalue weighted by Crippen LogP contribution is 2.13. The van der Waals surface area contributed by atoms with Crippen LogP contribution in [0.5, 0.6) is 5.88 Å². The molecular weight excluding hydrogens is 298 g/mol. The fourth-order valence-electron chi connectivity index (χ4n) is 0.894. The highest BCUT2D eigenvalue weighted by atomic mass is 35.5. The molecule has 1 aromatic rings. The smallest absolute Gasteiger partial charge is 0.258 e. The van der Waals surface area contributed by atoms with Crippen LogP contribution in [0.15, 0.2) is 6.20 Å². The molecule has 1 rings (SSSR count). The van der Waals surface area contributed by atoms with E-state index in [1.54, 1.807) is 0 Å². The molecular formula is C10H17Cl3N4O. The highest BCUT2D eigenvalue weighted by Gasteiger charge is 2.01. The number of rotatable bonds is 2. The number of anilines is 1. The van der Waals surface area contributed by atoms with E-state index in [0.29, 0.717) is 18.0 Å². The number of halogens is 3. The van der Waals surface area contributed by atoms with Crippen LogP contribution in [0.2, 0.25) is 0 Å². The van der Waals surface area contributed by atoms with Gasteiger partial charge in [0, 0.05) is 12.5 Å². The van der Waals surface area contributed by atoms with E-state index >= 15 is 0 Å². The maximum atomic E-state index is 5.55. The molecule has 0 aromatic carbocycles. The fourth-order valence-corrected chi connectivity index (χ4v) is 0.894. The van der Waals surface area contributed by atoms with Crippen LogP contribution >= 0.6 is 37.2 Å². The van der Waals surface area contributed by atoms with Crippen LogP contribution in [-0.2, 0) is 0 Å². The number of nitrogens with zero attached hydrogens (tertiary/aromatic N) is 2. The van der Waals surface area contributed by atoms with Crippen molar-refractivity contribution in [2.75, 3.05) is 12.8 Å². The van der Waals surface area contributed by atoms with Crippen molar-refractivity contribution in [1.82, 2.24) is 9.97 Å². The van der Waals surface area contributed by atoms with Gasteiger partial charge in [0.25, 0.3) is 5.88 Å². The summed E-state index contributed by atoms with van der Waals surface area (Å²) in [6.07, 6.45) is 2.13. The summed E-state index contributed by atoms with van der Waals surface area (Å²) >= 11 is 0. The van der Waals surface area contributed by atoms with Crippen LogP contribution in [0.4, 0.5) is 5.82 Å². The third-order valence-electron chi connectivity index (χ3n) is 1.60. The molecule has 0 bridgehead atoms. The van der Waals surface area contributed by atoms with Crippen molar-refractivity contribution in [2.45, 2.75) is 19.4 Å². The second kappa shape index (κ2) is 11.2. The van der Waals surface area contributed by atoms with Crippen LogP contribution in [0.1, 0.15) is 19.0 Å². The Morgan fingerprint density at radius 1 is 1.39 bits per heavy atom. The van der Waals surface area contributed by atoms with E-state index in [-0.39, 0.29) is 49.1 Å². The third-order valence-corrected chi connectivity index (χ3v) is 1.60. The van der Waals surface area contributed by atoms with E-state index in [9.17, 15) is 0 Å². The van der Waals surface area contributed by atoms with Gasteiger partial charge in [-0.3, -0.25) is 0 Å². The quantitative estimate of drug-likeness (QED) is 0.806. The number of aromatic nitrogens is 2. The molecule has 0 unspecified atom stereocenters. The molecule has 104 valence electrons. The van der Waals surface area contributed by atoms with Gasteiger partial charge in [-0.05, 0) is 12.8 Å². The molecule has 0 fully saturated rings. The minimum absolute atomic E-state index is 0. The van der Waals surface area contributed by atoms with Crippen LogP contribution in [0.3, 0.4) is 0 Å². The van der Waals surface area contributed by atoms with Gasteiger partial charge in [0.2, 0.25) is 0 Å². The van der Waals surface area contributed by atoms with E-state index in [1.165, 1.54) is 13.3 Å². The molecule has 0 saturated heterocycles. The summed E-state index contributed by atoms with van der Waals surface area (Å²) in [7, 11) is 1.49. The summed E-state index contributed by atoms with van der Waals surface area (Å²) in [6, 6.07) is 0.0566. The first-order valence-corrected chi connectivity index (χ1v) is 4.54. The van der Waals surface area contributed by atoms with Crippen molar-refractivity contribution in [3.05, 3.63) is 11.9 Å². The number of methoxy groups -OCH3 is 1. The predicted octanol–water partition coefficient (Wildman–Crippen LogP) is 1.42. The lowest BCUT2D eigenvalue weighted by Gasteiger charge is -2.01. The van der Waals surface area contributed by atoms with Gasteiger partial charge in [-0.1, -0.05) is 5.92 Å². The zero-order valence-corrected chi connectivity index (χ0v) is 12.5. The number of hydrogen-bond acceptors (Lipinski definition) is 5. The van der Waals surface area contributed by atoms with E-state index < -0.39 is 0 Å². The number of nitrogens with two attached hydrogens (primary N) is 2. The number of ether oxygens (including phenoxy) is 1. The summed E-state index contributed by atoms with van der Waals surface area (Å²) in [5.41, 5.74) is 11.6. The lowest BCUT2D eigenvalue weighted by Crippen LogP contribution is -2.12. The Balaban J connectivity index is -0.000000750. The zero-order chi connectivity index (χ0) is 11.3. The van der Waals surface area contributed by atoms with Crippen molar-refractivity contribution in [3.8, 4) is 17.7 Å². The Kier molecular flexibility index (Phi) is 13.8. The molecule has 1 heterocycles. The summed E-state index contributed by atoms with van der Waals surface area (Å²) in [4.78, 5) is 7.97. The number of nitrogen functional groups attached to an aromatic ring is 1. The fraction of sp³-hybridized carbons (Fsp3) is 0.400. The maximum absolute atomic E-state index is 5.55. The molecule has 5 nitrogen and oxygen atoms in total. The largest absolute Gasteiger partial charge is 0.478 e. The van der Waals surface area contributed by atoms with Crippen LogP contribution < -0.4 is 16.2 Å². The van der Waals surface area contributed by atoms with E-state index in [1.807, 2.05) is 6.92 Å². The molecule has 0 aliphatic rings. The first-order valence-electron chi connectivity index (χ1n) is 4.54. The minimum atomic E-state index is 0. The minimum Gasteiger partial charge on any atom is -0.478 e. The Morgan fingerprint density at radius 3 is 2.50 bits per heavy atom. The average molecular weight is 316 g/mol. The van der Waals surface area contributed by atoms with Crippen LogP contribution in [-0.4, -0.2) is 23.1 Å². The van der Waals surface area contributed by atoms with Gasteiger partial charge in [0.15, 0.2) is 5.82 Å². The number of hydrogen-bond donors (Lipinski definition) is 2. The van der Waals surface area contributed by atoms with Gasteiger partial charge >= 0.3 is 0 Å². The molecule has 8 heteroatoms. The Labute approximate surface area is 125 Å². The van der Waals surface area contributed by atoms with Gasteiger partial charge in [0.1, 0.15) is 5.69 Å². The molecule has 0 amide bonds. The molecule has 0 spiro atoms. The van der Waals surface area contributed by atoms with Crippen molar-refractivity contribution in [1.29, 1.82) is 0 Å². The van der Waals surface area contributed by atoms with Gasteiger partial charge in [-0.25, -0.2) is 4.98 Å². The Hall–Kier alpha value is -0.930. The molecule has 0 aliphatic carbocycles. The molecule has 1 aromatic heterocycles. The second-order valence-electron chi connectivity index (χ2n) is 3.13. The summed E-state index contributed by atoms with van der Waals surface area (Å²) in [5, 5.41) is 0. The first-order chi connectivity index (χ1) is 7.13. The van der Waals surface area contributed by atoms with Crippen LogP contribution in [0.25, 0.3) is 0 Å². The summed E-state index contributed by atoms with van der Waals surface area (Å²) in [6.45, 7) is 1.89. The average Bonchev–Trinajstić information content (AvgIpc) is 2.20. The lowest BCUT2D eigenvalue weighted by atomic mass is 10.2. The zero-order valence-electron chi connectivity index (χ0n) is 10.0. The molecule has 0 aliphatic heterocycles. The standard InChI is InChI=1S/C10H14N4O.3ClH/c1-7(11)4-3-5-8-6-13-9(12)10(14-8)15-2;;;/h6-7H,4,11H2,1-2H3,(H2,12,13);3*1H/t7-;;;/m0.../s1. The van der Waals surface area contributed by atoms with E-state index in [0.717, 1.165) is 0 Å². The molecule has 0 radical (unpaired) electrons. The van der Waals surface area contributed by atoms with Crippen LogP contribution in [0, 0.1) is 11.8 Å². The SMILES string of the molecule is COc1nc(C#CC[C@H](C)N)cnc1N.Cl.Cl.Cl. The van der Waals surface area contributed by atoms with Crippen molar-refractivity contribution in [2.24, 2.45) is 5.73 Å². The van der Waals surface area contributed by atoms with Crippen molar-refractivity contribution >= 4 is 43.0 Å². The van der Waals surface area contributed by atoms with Gasteiger partial charge < -0.3 is 16.2 Å².